The van der Waals surface area contributed by atoms with E-state index in [1.54, 1.807) is 0 Å². The molecule has 0 unspecified atom stereocenters. The summed E-state index contributed by atoms with van der Waals surface area (Å²) < 4.78 is 6.27. The minimum Gasteiger partial charge on any atom is -0.551 e. The monoisotopic (exact) mass is 298 g/mol. The van der Waals surface area contributed by atoms with Crippen LogP contribution >= 0.6 is 11.6 Å². The Balaban J connectivity index is 3.07. The first kappa shape index (κ1) is 15.5. The quantitative estimate of drug-likeness (QED) is 0.533. The average molecular weight is 299 g/mol. The molecule has 100 valence electrons. The lowest BCUT2D eigenvalue weighted by Gasteiger charge is -2.29. The highest BCUT2D eigenvalue weighted by molar-refractivity contribution is 6.84. The van der Waals surface area contributed by atoms with Crippen molar-refractivity contribution in [2.75, 3.05) is 0 Å². The van der Waals surface area contributed by atoms with E-state index in [1.165, 1.54) is 5.38 Å². The Labute approximate surface area is 118 Å². The van der Waals surface area contributed by atoms with Crippen LogP contribution in [-0.4, -0.2) is 16.4 Å². The van der Waals surface area contributed by atoms with Crippen LogP contribution in [0.3, 0.4) is 0 Å². The van der Waals surface area contributed by atoms with E-state index < -0.39 is 16.4 Å². The summed E-state index contributed by atoms with van der Waals surface area (Å²) in [5.74, 6) is 0. The van der Waals surface area contributed by atoms with Crippen LogP contribution in [0.15, 0.2) is 29.6 Å². The normalized spacial score (nSPS) is 13.6. The molecule has 0 radical (unpaired) electrons. The van der Waals surface area contributed by atoms with Crippen molar-refractivity contribution in [2.24, 2.45) is 0 Å². The molecule has 0 bridgehead atoms. The van der Waals surface area contributed by atoms with Crippen LogP contribution in [0.25, 0.3) is 6.08 Å². The number of rotatable bonds is 4. The molecular formula is C14H23ClOSi2. The van der Waals surface area contributed by atoms with Crippen molar-refractivity contribution in [1.29, 1.82) is 0 Å². The summed E-state index contributed by atoms with van der Waals surface area (Å²) >= 11 is 5.91. The molecule has 0 aliphatic heterocycles. The van der Waals surface area contributed by atoms with Crippen LogP contribution in [0, 0.1) is 0 Å². The molecule has 1 aromatic carbocycles. The van der Waals surface area contributed by atoms with E-state index in [4.69, 9.17) is 16.0 Å². The number of hydrogen-bond donors (Lipinski definition) is 0. The van der Waals surface area contributed by atoms with E-state index in [0.717, 1.165) is 10.6 Å². The van der Waals surface area contributed by atoms with Gasteiger partial charge in [0, 0.05) is 5.02 Å². The molecule has 1 aromatic rings. The SMILES string of the molecule is C[Si](C)(C)O/C(=C\c1ccc(Cl)cc1)[Si](C)(C)C. The van der Waals surface area contributed by atoms with E-state index in [9.17, 15) is 0 Å². The molecule has 0 heterocycles. The van der Waals surface area contributed by atoms with E-state index >= 15 is 0 Å². The second-order valence-corrected chi connectivity index (χ2v) is 16.4. The highest BCUT2D eigenvalue weighted by Gasteiger charge is 2.27. The molecular weight excluding hydrogens is 276 g/mol. The lowest BCUT2D eigenvalue weighted by Crippen LogP contribution is -2.34. The first-order valence-corrected chi connectivity index (χ1v) is 13.5. The summed E-state index contributed by atoms with van der Waals surface area (Å²) in [6, 6.07) is 7.92. The van der Waals surface area contributed by atoms with Gasteiger partial charge in [0.1, 0.15) is 8.07 Å². The fourth-order valence-corrected chi connectivity index (χ4v) is 5.03. The Morgan fingerprint density at radius 3 is 1.89 bits per heavy atom. The fraction of sp³-hybridized carbons (Fsp3) is 0.429. The molecule has 1 rings (SSSR count). The Bertz CT molecular complexity index is 425. The van der Waals surface area contributed by atoms with Crippen LogP contribution in [0.2, 0.25) is 44.3 Å². The van der Waals surface area contributed by atoms with Gasteiger partial charge in [-0.25, -0.2) is 0 Å². The highest BCUT2D eigenvalue weighted by Crippen LogP contribution is 2.24. The van der Waals surface area contributed by atoms with Gasteiger partial charge in [0.2, 0.25) is 8.32 Å². The molecule has 0 aromatic heterocycles. The van der Waals surface area contributed by atoms with Crippen molar-refractivity contribution in [2.45, 2.75) is 39.3 Å². The van der Waals surface area contributed by atoms with E-state index in [1.807, 2.05) is 24.3 Å². The molecule has 0 saturated carbocycles. The largest absolute Gasteiger partial charge is 0.551 e. The molecule has 1 nitrogen and oxygen atoms in total. The zero-order valence-corrected chi connectivity index (χ0v) is 14.9. The molecule has 0 amide bonds. The molecule has 18 heavy (non-hydrogen) atoms. The van der Waals surface area contributed by atoms with E-state index in [2.05, 4.69) is 45.4 Å². The van der Waals surface area contributed by atoms with Crippen molar-refractivity contribution in [3.05, 3.63) is 40.2 Å². The average Bonchev–Trinajstić information content (AvgIpc) is 2.17. The molecule has 0 N–H and O–H groups in total. The highest BCUT2D eigenvalue weighted by atomic mass is 35.5. The Morgan fingerprint density at radius 2 is 1.50 bits per heavy atom. The van der Waals surface area contributed by atoms with Gasteiger partial charge in [-0.1, -0.05) is 43.4 Å². The summed E-state index contributed by atoms with van der Waals surface area (Å²) in [6.07, 6.45) is 2.18. The molecule has 0 spiro atoms. The first-order chi connectivity index (χ1) is 8.08. The van der Waals surface area contributed by atoms with Gasteiger partial charge in [-0.2, -0.15) is 0 Å². The fourth-order valence-electron chi connectivity index (χ4n) is 1.44. The molecule has 4 heteroatoms. The zero-order chi connectivity index (χ0) is 14.0. The van der Waals surface area contributed by atoms with Crippen molar-refractivity contribution in [3.63, 3.8) is 0 Å². The second kappa shape index (κ2) is 5.63. The van der Waals surface area contributed by atoms with Gasteiger partial charge in [-0.15, -0.1) is 0 Å². The van der Waals surface area contributed by atoms with Crippen LogP contribution in [0.5, 0.6) is 0 Å². The Morgan fingerprint density at radius 1 is 1.00 bits per heavy atom. The Kier molecular flexibility index (Phi) is 4.86. The maximum Gasteiger partial charge on any atom is 0.241 e. The van der Waals surface area contributed by atoms with Gasteiger partial charge in [-0.05, 0) is 43.4 Å². The van der Waals surface area contributed by atoms with Gasteiger partial charge < -0.3 is 4.43 Å². The summed E-state index contributed by atoms with van der Waals surface area (Å²) in [5, 5.41) is 1.96. The third-order valence-corrected chi connectivity index (χ3v) is 5.34. The molecule has 0 saturated heterocycles. The second-order valence-electron chi connectivity index (χ2n) is 6.52. The smallest absolute Gasteiger partial charge is 0.241 e. The van der Waals surface area contributed by atoms with Crippen LogP contribution in [0.1, 0.15) is 5.56 Å². The van der Waals surface area contributed by atoms with Gasteiger partial charge >= 0.3 is 0 Å². The Hall–Kier alpha value is -0.516. The lowest BCUT2D eigenvalue weighted by molar-refractivity contribution is 0.457. The van der Waals surface area contributed by atoms with Crippen molar-refractivity contribution >= 4 is 34.1 Å². The molecule has 0 aliphatic carbocycles. The molecule has 0 fully saturated rings. The molecule has 0 atom stereocenters. The van der Waals surface area contributed by atoms with Crippen molar-refractivity contribution in [3.8, 4) is 0 Å². The van der Waals surface area contributed by atoms with Crippen molar-refractivity contribution < 1.29 is 4.43 Å². The maximum atomic E-state index is 6.27. The third-order valence-electron chi connectivity index (χ3n) is 2.32. The van der Waals surface area contributed by atoms with Crippen LogP contribution < -0.4 is 0 Å². The van der Waals surface area contributed by atoms with Gasteiger partial charge in [0.15, 0.2) is 0 Å². The third kappa shape index (κ3) is 5.42. The van der Waals surface area contributed by atoms with Gasteiger partial charge in [-0.3, -0.25) is 0 Å². The summed E-state index contributed by atoms with van der Waals surface area (Å²) in [7, 11) is -3.01. The summed E-state index contributed by atoms with van der Waals surface area (Å²) in [4.78, 5) is 0. The van der Waals surface area contributed by atoms with Gasteiger partial charge in [0.25, 0.3) is 0 Å². The van der Waals surface area contributed by atoms with E-state index in [0.29, 0.717) is 0 Å². The number of halogens is 1. The van der Waals surface area contributed by atoms with Crippen LogP contribution in [-0.2, 0) is 4.43 Å². The zero-order valence-electron chi connectivity index (χ0n) is 12.2. The molecule has 0 aliphatic rings. The van der Waals surface area contributed by atoms with Crippen molar-refractivity contribution in [1.82, 2.24) is 0 Å². The maximum absolute atomic E-state index is 6.27. The van der Waals surface area contributed by atoms with Crippen LogP contribution in [0.4, 0.5) is 0 Å². The van der Waals surface area contributed by atoms with E-state index in [-0.39, 0.29) is 0 Å². The number of hydrogen-bond acceptors (Lipinski definition) is 1. The van der Waals surface area contributed by atoms with Gasteiger partial charge in [0.05, 0.1) is 5.38 Å². The number of benzene rings is 1. The topological polar surface area (TPSA) is 9.23 Å². The lowest BCUT2D eigenvalue weighted by atomic mass is 10.2. The summed E-state index contributed by atoms with van der Waals surface area (Å²) in [6.45, 7) is 13.6. The minimum atomic E-state index is -1.55. The predicted octanol–water partition coefficient (Wildman–Crippen LogP) is 5.41. The predicted molar refractivity (Wildman–Crippen MR) is 87.2 cm³/mol. The minimum absolute atomic E-state index is 0.771. The standard InChI is InChI=1S/C14H23ClOSi2/c1-17(2,3)14(16-18(4,5)6)11-12-7-9-13(15)10-8-12/h7-11H,1-6H3/b14-11+. The summed E-state index contributed by atoms with van der Waals surface area (Å²) in [5.41, 5.74) is 1.16. The first-order valence-electron chi connectivity index (χ1n) is 6.25.